The number of hydrogen-bond donors (Lipinski definition) is 3. The normalized spacial score (nSPS) is 17.0. The zero-order chi connectivity index (χ0) is 21.3. The van der Waals surface area contributed by atoms with E-state index >= 15 is 0 Å². The van der Waals surface area contributed by atoms with Crippen LogP contribution in [0.3, 0.4) is 0 Å². The fourth-order valence-corrected chi connectivity index (χ4v) is 2.50. The number of halogens is 3. The number of alkyl halides is 3. The third-order valence-corrected chi connectivity index (χ3v) is 4.39. The van der Waals surface area contributed by atoms with Crippen molar-refractivity contribution in [1.29, 1.82) is 0 Å². The Labute approximate surface area is 160 Å². The van der Waals surface area contributed by atoms with E-state index in [1.54, 1.807) is 13.8 Å². The first-order valence-electron chi connectivity index (χ1n) is 8.56. The van der Waals surface area contributed by atoms with Gasteiger partial charge < -0.3 is 19.9 Å². The van der Waals surface area contributed by atoms with E-state index < -0.39 is 29.3 Å². The van der Waals surface area contributed by atoms with Crippen molar-refractivity contribution in [2.75, 3.05) is 17.2 Å². The molecule has 10 heteroatoms. The highest BCUT2D eigenvalue weighted by atomic mass is 19.4. The summed E-state index contributed by atoms with van der Waals surface area (Å²) in [6, 6.07) is 4.48. The van der Waals surface area contributed by atoms with E-state index in [9.17, 15) is 27.9 Å². The third kappa shape index (κ3) is 4.99. The zero-order valence-corrected chi connectivity index (χ0v) is 15.9. The molecule has 0 aliphatic carbocycles. The molecule has 1 aromatic carbocycles. The molecule has 7 nitrogen and oxygen atoms in total. The molecular formula is C18H23F3N2O5. The fourth-order valence-electron chi connectivity index (χ4n) is 2.50. The van der Waals surface area contributed by atoms with Gasteiger partial charge in [-0.25, -0.2) is 4.79 Å². The number of carboxylic acid groups (broad SMARTS) is 1. The van der Waals surface area contributed by atoms with Crippen LogP contribution in [0.4, 0.5) is 29.3 Å². The monoisotopic (exact) mass is 404 g/mol. The number of carbonyl (C=O) groups excluding carboxylic acids is 1. The predicted molar refractivity (Wildman–Crippen MR) is 95.6 cm³/mol. The number of ether oxygens (including phenoxy) is 2. The molecule has 0 spiro atoms. The topological polar surface area (TPSA) is 96.9 Å². The molecule has 1 heterocycles. The molecule has 0 saturated heterocycles. The van der Waals surface area contributed by atoms with Gasteiger partial charge in [0, 0.05) is 12.1 Å². The zero-order valence-electron chi connectivity index (χ0n) is 15.9. The van der Waals surface area contributed by atoms with Crippen LogP contribution < -0.4 is 15.4 Å². The number of anilines is 2. The average Bonchev–Trinajstić information content (AvgIpc) is 2.52. The van der Waals surface area contributed by atoms with E-state index in [4.69, 9.17) is 4.74 Å². The highest BCUT2D eigenvalue weighted by molar-refractivity contribution is 5.86. The van der Waals surface area contributed by atoms with Crippen molar-refractivity contribution in [2.24, 2.45) is 5.41 Å². The molecule has 0 bridgehead atoms. The van der Waals surface area contributed by atoms with Crippen molar-refractivity contribution in [3.8, 4) is 5.75 Å². The number of rotatable bonds is 5. The Bertz CT molecular complexity index is 762. The number of fused-ring (bicyclic) bond motifs is 1. The Kier molecular flexibility index (Phi) is 5.72. The first-order valence-corrected chi connectivity index (χ1v) is 8.56. The van der Waals surface area contributed by atoms with Crippen molar-refractivity contribution >= 4 is 23.4 Å². The summed E-state index contributed by atoms with van der Waals surface area (Å²) in [7, 11) is 0. The van der Waals surface area contributed by atoms with E-state index in [0.717, 1.165) is 13.8 Å². The highest BCUT2D eigenvalue weighted by Crippen LogP contribution is 2.36. The molecule has 0 radical (unpaired) electrons. The second-order valence-electron chi connectivity index (χ2n) is 7.75. The molecule has 0 fully saturated rings. The van der Waals surface area contributed by atoms with Gasteiger partial charge in [0.2, 0.25) is 5.60 Å². The fraction of sp³-hybridized carbons (Fsp3) is 0.556. The van der Waals surface area contributed by atoms with Gasteiger partial charge in [-0.05, 0) is 45.9 Å². The van der Waals surface area contributed by atoms with E-state index in [2.05, 4.69) is 15.4 Å². The molecular weight excluding hydrogens is 381 g/mol. The van der Waals surface area contributed by atoms with Gasteiger partial charge in [0.15, 0.2) is 0 Å². The molecule has 3 N–H and O–H groups in total. The van der Waals surface area contributed by atoms with Gasteiger partial charge >= 0.3 is 18.2 Å². The van der Waals surface area contributed by atoms with Crippen LogP contribution in [0.1, 0.15) is 34.1 Å². The number of benzene rings is 1. The molecule has 1 unspecified atom stereocenters. The summed E-state index contributed by atoms with van der Waals surface area (Å²) in [5, 5.41) is 14.5. The number of carboxylic acids is 1. The lowest BCUT2D eigenvalue weighted by molar-refractivity contribution is -0.242. The Hall–Kier alpha value is -2.65. The van der Waals surface area contributed by atoms with Gasteiger partial charge in [0.25, 0.3) is 0 Å². The van der Waals surface area contributed by atoms with E-state index in [1.165, 1.54) is 18.2 Å². The summed E-state index contributed by atoms with van der Waals surface area (Å²) >= 11 is 0. The molecule has 1 atom stereocenters. The van der Waals surface area contributed by atoms with Crippen molar-refractivity contribution in [1.82, 2.24) is 0 Å². The maximum absolute atomic E-state index is 12.8. The minimum atomic E-state index is -4.70. The van der Waals surface area contributed by atoms with Gasteiger partial charge in [-0.15, -0.1) is 0 Å². The lowest BCUT2D eigenvalue weighted by atomic mass is 9.86. The van der Waals surface area contributed by atoms with Crippen molar-refractivity contribution in [3.05, 3.63) is 18.2 Å². The van der Waals surface area contributed by atoms with Crippen LogP contribution in [0, 0.1) is 5.41 Å². The summed E-state index contributed by atoms with van der Waals surface area (Å²) in [5.74, 6) is -0.478. The Morgan fingerprint density at radius 2 is 1.93 bits per heavy atom. The molecule has 0 aromatic heterocycles. The van der Waals surface area contributed by atoms with Gasteiger partial charge in [0.05, 0.1) is 17.6 Å². The van der Waals surface area contributed by atoms with Crippen molar-refractivity contribution in [2.45, 2.75) is 52.0 Å². The molecule has 1 aliphatic rings. The van der Waals surface area contributed by atoms with Crippen molar-refractivity contribution in [3.63, 3.8) is 0 Å². The van der Waals surface area contributed by atoms with Crippen LogP contribution in [0.25, 0.3) is 0 Å². The maximum atomic E-state index is 12.8. The van der Waals surface area contributed by atoms with E-state index in [1.807, 2.05) is 0 Å². The number of amides is 1. The van der Waals surface area contributed by atoms with Crippen LogP contribution >= 0.6 is 0 Å². The molecule has 1 aromatic rings. The summed E-state index contributed by atoms with van der Waals surface area (Å²) in [6.07, 6.45) is -6.02. The Balaban J connectivity index is 2.02. The summed E-state index contributed by atoms with van der Waals surface area (Å²) in [4.78, 5) is 23.0. The SMILES string of the molecule is CC(C)(CC1CNc2cc(NC(=O)OC(C)(C)C(F)(F)F)ccc2O1)C(=O)O. The molecule has 2 rings (SSSR count). The number of hydrogen-bond acceptors (Lipinski definition) is 5. The second kappa shape index (κ2) is 7.40. The minimum absolute atomic E-state index is 0.224. The van der Waals surface area contributed by atoms with Crippen LogP contribution in [-0.4, -0.2) is 41.6 Å². The van der Waals surface area contributed by atoms with Gasteiger partial charge in [-0.1, -0.05) is 0 Å². The largest absolute Gasteiger partial charge is 0.486 e. The van der Waals surface area contributed by atoms with E-state index in [-0.39, 0.29) is 18.2 Å². The van der Waals surface area contributed by atoms with Crippen LogP contribution in [0.15, 0.2) is 18.2 Å². The van der Waals surface area contributed by atoms with Crippen LogP contribution in [0.5, 0.6) is 5.75 Å². The van der Waals surface area contributed by atoms with E-state index in [0.29, 0.717) is 18.0 Å². The molecule has 156 valence electrons. The quantitative estimate of drug-likeness (QED) is 0.679. The summed E-state index contributed by atoms with van der Waals surface area (Å²) in [5.41, 5.74) is -2.84. The summed E-state index contributed by atoms with van der Waals surface area (Å²) < 4.78 is 48.6. The minimum Gasteiger partial charge on any atom is -0.486 e. The predicted octanol–water partition coefficient (Wildman–Crippen LogP) is 4.25. The maximum Gasteiger partial charge on any atom is 0.427 e. The third-order valence-electron chi connectivity index (χ3n) is 4.39. The molecule has 1 aliphatic heterocycles. The molecule has 0 saturated carbocycles. The molecule has 1 amide bonds. The Morgan fingerprint density at radius 1 is 1.29 bits per heavy atom. The average molecular weight is 404 g/mol. The lowest BCUT2D eigenvalue weighted by Crippen LogP contribution is -2.44. The van der Waals surface area contributed by atoms with Gasteiger partial charge in [0.1, 0.15) is 11.9 Å². The standard InChI is InChI=1S/C18H23F3N2O5/c1-16(2,14(24)25)8-11-9-22-12-7-10(5-6-13(12)27-11)23-15(26)28-17(3,4)18(19,20)21/h5-7,11,22H,8-9H2,1-4H3,(H,23,26)(H,24,25). The number of aliphatic carboxylic acids is 1. The van der Waals surface area contributed by atoms with Crippen molar-refractivity contribution < 1.29 is 37.3 Å². The van der Waals surface area contributed by atoms with Gasteiger partial charge in [-0.2, -0.15) is 13.2 Å². The molecule has 28 heavy (non-hydrogen) atoms. The Morgan fingerprint density at radius 3 is 2.50 bits per heavy atom. The van der Waals surface area contributed by atoms with Gasteiger partial charge in [-0.3, -0.25) is 10.1 Å². The van der Waals surface area contributed by atoms with Crippen LogP contribution in [0.2, 0.25) is 0 Å². The number of carbonyl (C=O) groups is 2. The lowest BCUT2D eigenvalue weighted by Gasteiger charge is -2.32. The first-order chi connectivity index (χ1) is 12.7. The highest BCUT2D eigenvalue weighted by Gasteiger charge is 2.51. The van der Waals surface area contributed by atoms with Crippen LogP contribution in [-0.2, 0) is 9.53 Å². The first kappa shape index (κ1) is 21.6. The number of nitrogens with one attached hydrogen (secondary N) is 2. The second-order valence-corrected chi connectivity index (χ2v) is 7.75. The summed E-state index contributed by atoms with van der Waals surface area (Å²) in [6.45, 7) is 5.07. The smallest absolute Gasteiger partial charge is 0.427 e.